The van der Waals surface area contributed by atoms with E-state index in [-0.39, 0.29) is 24.1 Å². The molecule has 24 heavy (non-hydrogen) atoms. The number of benzene rings is 1. The molecule has 1 aromatic carbocycles. The molecule has 7 heteroatoms. The van der Waals surface area contributed by atoms with Crippen LogP contribution in [0.1, 0.15) is 28.9 Å². The molecular formula is C17H20N4O3. The largest absolute Gasteiger partial charge is 0.481 e. The van der Waals surface area contributed by atoms with E-state index in [2.05, 4.69) is 20.8 Å². The third-order valence-electron chi connectivity index (χ3n) is 3.51. The van der Waals surface area contributed by atoms with Crippen LogP contribution in [-0.4, -0.2) is 40.3 Å². The highest BCUT2D eigenvalue weighted by atomic mass is 16.4. The molecule has 126 valence electrons. The highest BCUT2D eigenvalue weighted by molar-refractivity contribution is 5.91. The number of carbonyl (C=O) groups is 2. The molecule has 0 aliphatic carbocycles. The second-order valence-corrected chi connectivity index (χ2v) is 5.35. The highest BCUT2D eigenvalue weighted by Crippen LogP contribution is 2.13. The molecule has 1 heterocycles. The third-order valence-corrected chi connectivity index (χ3v) is 3.51. The minimum absolute atomic E-state index is 0.0637. The highest BCUT2D eigenvalue weighted by Gasteiger charge is 2.13. The van der Waals surface area contributed by atoms with Gasteiger partial charge in [0.1, 0.15) is 5.82 Å². The van der Waals surface area contributed by atoms with E-state index in [0.717, 1.165) is 5.56 Å². The van der Waals surface area contributed by atoms with E-state index >= 15 is 0 Å². The van der Waals surface area contributed by atoms with Crippen LogP contribution in [-0.2, 0) is 11.2 Å². The van der Waals surface area contributed by atoms with Gasteiger partial charge in [-0.3, -0.25) is 9.59 Å². The number of anilines is 1. The van der Waals surface area contributed by atoms with Crippen LogP contribution in [0.2, 0.25) is 0 Å². The zero-order valence-electron chi connectivity index (χ0n) is 13.4. The van der Waals surface area contributed by atoms with Crippen molar-refractivity contribution in [3.05, 3.63) is 53.7 Å². The van der Waals surface area contributed by atoms with Crippen molar-refractivity contribution in [2.24, 2.45) is 0 Å². The molecule has 0 fully saturated rings. The summed E-state index contributed by atoms with van der Waals surface area (Å²) in [5.74, 6) is -0.634. The lowest BCUT2D eigenvalue weighted by molar-refractivity contribution is -0.137. The van der Waals surface area contributed by atoms with Crippen molar-refractivity contribution in [1.29, 1.82) is 0 Å². The molecular weight excluding hydrogens is 308 g/mol. The Labute approximate surface area is 140 Å². The number of aliphatic carboxylic acids is 1. The van der Waals surface area contributed by atoms with Crippen molar-refractivity contribution in [1.82, 2.24) is 15.5 Å². The number of carbonyl (C=O) groups excluding carboxylic acids is 1. The molecule has 0 bridgehead atoms. The molecule has 0 saturated heterocycles. The molecule has 1 aromatic heterocycles. The Balaban J connectivity index is 2.06. The van der Waals surface area contributed by atoms with Crippen molar-refractivity contribution in [2.75, 3.05) is 12.4 Å². The average molecular weight is 328 g/mol. The third kappa shape index (κ3) is 5.35. The van der Waals surface area contributed by atoms with Crippen LogP contribution in [0.5, 0.6) is 0 Å². The first-order valence-electron chi connectivity index (χ1n) is 7.66. The lowest BCUT2D eigenvalue weighted by Crippen LogP contribution is -2.25. The van der Waals surface area contributed by atoms with E-state index in [4.69, 9.17) is 5.11 Å². The van der Waals surface area contributed by atoms with Crippen molar-refractivity contribution >= 4 is 17.7 Å². The van der Waals surface area contributed by atoms with Crippen LogP contribution in [0.15, 0.2) is 42.5 Å². The summed E-state index contributed by atoms with van der Waals surface area (Å²) < 4.78 is 0. The van der Waals surface area contributed by atoms with Gasteiger partial charge >= 0.3 is 5.97 Å². The Morgan fingerprint density at radius 1 is 1.12 bits per heavy atom. The maximum Gasteiger partial charge on any atom is 0.303 e. The fourth-order valence-electron chi connectivity index (χ4n) is 2.29. The maximum atomic E-state index is 11.5. The molecule has 0 spiro atoms. The van der Waals surface area contributed by atoms with Crippen LogP contribution in [0.25, 0.3) is 0 Å². The fraction of sp³-hybridized carbons (Fsp3) is 0.294. The molecule has 2 rings (SSSR count). The first-order valence-corrected chi connectivity index (χ1v) is 7.66. The van der Waals surface area contributed by atoms with Gasteiger partial charge in [-0.1, -0.05) is 30.3 Å². The van der Waals surface area contributed by atoms with Gasteiger partial charge in [-0.05, 0) is 30.5 Å². The van der Waals surface area contributed by atoms with Gasteiger partial charge in [-0.15, -0.1) is 10.2 Å². The molecule has 0 saturated carbocycles. The van der Waals surface area contributed by atoms with Gasteiger partial charge in [0.15, 0.2) is 5.69 Å². The van der Waals surface area contributed by atoms with Gasteiger partial charge in [0, 0.05) is 19.5 Å². The Bertz CT molecular complexity index is 674. The first-order chi connectivity index (χ1) is 11.6. The van der Waals surface area contributed by atoms with Crippen molar-refractivity contribution < 1.29 is 14.7 Å². The second-order valence-electron chi connectivity index (χ2n) is 5.35. The van der Waals surface area contributed by atoms with Crippen LogP contribution in [0.3, 0.4) is 0 Å². The lowest BCUT2D eigenvalue weighted by atomic mass is 10.0. The monoisotopic (exact) mass is 328 g/mol. The Hall–Kier alpha value is -2.96. The minimum atomic E-state index is -0.837. The minimum Gasteiger partial charge on any atom is -0.481 e. The second kappa shape index (κ2) is 8.61. The van der Waals surface area contributed by atoms with Crippen molar-refractivity contribution in [2.45, 2.75) is 25.3 Å². The van der Waals surface area contributed by atoms with E-state index in [9.17, 15) is 9.59 Å². The summed E-state index contributed by atoms with van der Waals surface area (Å²) in [6.07, 6.45) is 1.20. The predicted octanol–water partition coefficient (Wildman–Crippen LogP) is 1.72. The SMILES string of the molecule is CNC(=O)c1ccc(NC(CCC(=O)O)Cc2ccccc2)nn1. The number of nitrogens with one attached hydrogen (secondary N) is 2. The summed E-state index contributed by atoms with van der Waals surface area (Å²) in [4.78, 5) is 22.3. The molecule has 7 nitrogen and oxygen atoms in total. The van der Waals surface area contributed by atoms with Crippen LogP contribution in [0, 0.1) is 0 Å². The zero-order chi connectivity index (χ0) is 17.4. The molecule has 3 N–H and O–H groups in total. The number of nitrogens with zero attached hydrogens (tertiary/aromatic N) is 2. The van der Waals surface area contributed by atoms with E-state index in [1.54, 1.807) is 12.1 Å². The molecule has 0 aliphatic rings. The zero-order valence-corrected chi connectivity index (χ0v) is 13.4. The lowest BCUT2D eigenvalue weighted by Gasteiger charge is -2.18. The van der Waals surface area contributed by atoms with E-state index in [1.165, 1.54) is 7.05 Å². The number of carboxylic acid groups (broad SMARTS) is 1. The average Bonchev–Trinajstić information content (AvgIpc) is 2.60. The number of rotatable bonds is 8. The molecule has 1 atom stereocenters. The number of aromatic nitrogens is 2. The predicted molar refractivity (Wildman–Crippen MR) is 89.8 cm³/mol. The number of carboxylic acids is 1. The summed E-state index contributed by atoms with van der Waals surface area (Å²) in [6.45, 7) is 0. The summed E-state index contributed by atoms with van der Waals surface area (Å²) in [6, 6.07) is 13.0. The molecule has 0 aliphatic heterocycles. The van der Waals surface area contributed by atoms with E-state index in [1.807, 2.05) is 30.3 Å². The Morgan fingerprint density at radius 2 is 1.88 bits per heavy atom. The Morgan fingerprint density at radius 3 is 2.46 bits per heavy atom. The summed E-state index contributed by atoms with van der Waals surface area (Å²) >= 11 is 0. The number of hydrogen-bond donors (Lipinski definition) is 3. The number of amides is 1. The molecule has 1 amide bonds. The summed E-state index contributed by atoms with van der Waals surface area (Å²) in [5.41, 5.74) is 1.34. The van der Waals surface area contributed by atoms with Gasteiger partial charge in [0.25, 0.3) is 5.91 Å². The summed E-state index contributed by atoms with van der Waals surface area (Å²) in [5, 5.41) is 22.4. The molecule has 2 aromatic rings. The summed E-state index contributed by atoms with van der Waals surface area (Å²) in [7, 11) is 1.53. The standard InChI is InChI=1S/C17H20N4O3/c1-18-17(24)14-8-9-15(21-20-14)19-13(7-10-16(22)23)11-12-5-3-2-4-6-12/h2-6,8-9,13H,7,10-11H2,1H3,(H,18,24)(H,19,21)(H,22,23). The Kier molecular flexibility index (Phi) is 6.24. The van der Waals surface area contributed by atoms with E-state index in [0.29, 0.717) is 18.7 Å². The van der Waals surface area contributed by atoms with Gasteiger partial charge in [0.2, 0.25) is 0 Å². The van der Waals surface area contributed by atoms with Crippen molar-refractivity contribution in [3.63, 3.8) is 0 Å². The maximum absolute atomic E-state index is 11.5. The topological polar surface area (TPSA) is 104 Å². The van der Waals surface area contributed by atoms with Crippen molar-refractivity contribution in [3.8, 4) is 0 Å². The smallest absolute Gasteiger partial charge is 0.303 e. The fourth-order valence-corrected chi connectivity index (χ4v) is 2.29. The quantitative estimate of drug-likeness (QED) is 0.681. The molecule has 1 unspecified atom stereocenters. The first kappa shape index (κ1) is 17.4. The van der Waals surface area contributed by atoms with Crippen LogP contribution in [0.4, 0.5) is 5.82 Å². The van der Waals surface area contributed by atoms with Gasteiger partial charge in [-0.25, -0.2) is 0 Å². The van der Waals surface area contributed by atoms with Crippen LogP contribution < -0.4 is 10.6 Å². The van der Waals surface area contributed by atoms with Gasteiger partial charge < -0.3 is 15.7 Å². The normalized spacial score (nSPS) is 11.5. The van der Waals surface area contributed by atoms with Gasteiger partial charge in [-0.2, -0.15) is 0 Å². The van der Waals surface area contributed by atoms with E-state index < -0.39 is 5.97 Å². The number of hydrogen-bond acceptors (Lipinski definition) is 5. The van der Waals surface area contributed by atoms with Gasteiger partial charge in [0.05, 0.1) is 0 Å². The molecule has 0 radical (unpaired) electrons. The van der Waals surface area contributed by atoms with Crippen LogP contribution >= 0.6 is 0 Å².